The number of aromatic nitrogens is 1. The molecule has 0 amide bonds. The standard InChI is InChI=1S/C12H16N2O3/c1-15-10-6-8-9(7-11(10)16-2)17-12(14-8)4-3-5-13/h6-7H,3-5,13H2,1-2H3. The van der Waals surface area contributed by atoms with Gasteiger partial charge in [-0.2, -0.15) is 0 Å². The van der Waals surface area contributed by atoms with Crippen molar-refractivity contribution in [3.63, 3.8) is 0 Å². The van der Waals surface area contributed by atoms with Crippen molar-refractivity contribution in [2.24, 2.45) is 5.73 Å². The number of oxazole rings is 1. The Morgan fingerprint density at radius 2 is 1.94 bits per heavy atom. The minimum absolute atomic E-state index is 0.630. The summed E-state index contributed by atoms with van der Waals surface area (Å²) in [7, 11) is 3.19. The predicted molar refractivity (Wildman–Crippen MR) is 64.5 cm³/mol. The number of aryl methyl sites for hydroxylation is 1. The summed E-state index contributed by atoms with van der Waals surface area (Å²) in [6.07, 6.45) is 1.61. The van der Waals surface area contributed by atoms with Crippen molar-refractivity contribution < 1.29 is 13.9 Å². The van der Waals surface area contributed by atoms with E-state index in [-0.39, 0.29) is 0 Å². The third-order valence-electron chi connectivity index (χ3n) is 2.53. The Labute approximate surface area is 99.5 Å². The van der Waals surface area contributed by atoms with Gasteiger partial charge in [-0.3, -0.25) is 0 Å². The Morgan fingerprint density at radius 1 is 1.24 bits per heavy atom. The molecule has 0 aliphatic carbocycles. The molecule has 1 aromatic carbocycles. The summed E-state index contributed by atoms with van der Waals surface area (Å²) in [4.78, 5) is 4.38. The summed E-state index contributed by atoms with van der Waals surface area (Å²) in [5.41, 5.74) is 6.93. The molecule has 0 atom stereocenters. The molecule has 5 heteroatoms. The average Bonchev–Trinajstić information content (AvgIpc) is 2.76. The number of nitrogens with two attached hydrogens (primary N) is 1. The molecule has 17 heavy (non-hydrogen) atoms. The molecule has 0 bridgehead atoms. The van der Waals surface area contributed by atoms with E-state index >= 15 is 0 Å². The normalized spacial score (nSPS) is 10.8. The van der Waals surface area contributed by atoms with Crippen LogP contribution < -0.4 is 15.2 Å². The van der Waals surface area contributed by atoms with Gasteiger partial charge in [0.25, 0.3) is 0 Å². The van der Waals surface area contributed by atoms with Crippen LogP contribution in [-0.4, -0.2) is 25.7 Å². The Bertz CT molecular complexity index is 467. The number of benzene rings is 1. The molecule has 0 aliphatic heterocycles. The highest BCUT2D eigenvalue weighted by atomic mass is 16.5. The molecule has 0 unspecified atom stereocenters. The smallest absolute Gasteiger partial charge is 0.195 e. The zero-order valence-corrected chi connectivity index (χ0v) is 10.0. The Balaban J connectivity index is 2.39. The van der Waals surface area contributed by atoms with Crippen molar-refractivity contribution in [2.75, 3.05) is 20.8 Å². The highest BCUT2D eigenvalue weighted by molar-refractivity contribution is 5.77. The van der Waals surface area contributed by atoms with Gasteiger partial charge in [-0.15, -0.1) is 0 Å². The van der Waals surface area contributed by atoms with Crippen molar-refractivity contribution >= 4 is 11.1 Å². The van der Waals surface area contributed by atoms with E-state index in [4.69, 9.17) is 19.6 Å². The lowest BCUT2D eigenvalue weighted by atomic mass is 10.3. The van der Waals surface area contributed by atoms with Gasteiger partial charge in [0.15, 0.2) is 23.0 Å². The van der Waals surface area contributed by atoms with Crippen molar-refractivity contribution in [1.29, 1.82) is 0 Å². The average molecular weight is 236 g/mol. The first-order chi connectivity index (χ1) is 8.28. The van der Waals surface area contributed by atoms with Crippen LogP contribution in [0.4, 0.5) is 0 Å². The number of fused-ring (bicyclic) bond motifs is 1. The first-order valence-corrected chi connectivity index (χ1v) is 5.50. The monoisotopic (exact) mass is 236 g/mol. The highest BCUT2D eigenvalue weighted by Gasteiger charge is 2.11. The van der Waals surface area contributed by atoms with Crippen molar-refractivity contribution in [2.45, 2.75) is 12.8 Å². The number of hydrogen-bond donors (Lipinski definition) is 1. The maximum absolute atomic E-state index is 5.61. The third kappa shape index (κ3) is 2.34. The molecule has 5 nitrogen and oxygen atoms in total. The molecule has 1 heterocycles. The second-order valence-corrected chi connectivity index (χ2v) is 3.67. The minimum atomic E-state index is 0.630. The predicted octanol–water partition coefficient (Wildman–Crippen LogP) is 1.74. The molecular formula is C12H16N2O3. The summed E-state index contributed by atoms with van der Waals surface area (Å²) in [5.74, 6) is 1.99. The Kier molecular flexibility index (Phi) is 3.49. The first-order valence-electron chi connectivity index (χ1n) is 5.50. The summed E-state index contributed by atoms with van der Waals surface area (Å²) in [5, 5.41) is 0. The molecule has 2 aromatic rings. The van der Waals surface area contributed by atoms with E-state index in [0.717, 1.165) is 18.4 Å². The van der Waals surface area contributed by atoms with Gasteiger partial charge in [-0.25, -0.2) is 4.98 Å². The summed E-state index contributed by atoms with van der Waals surface area (Å²) >= 11 is 0. The van der Waals surface area contributed by atoms with Crippen LogP contribution in [0, 0.1) is 0 Å². The Morgan fingerprint density at radius 3 is 2.59 bits per heavy atom. The minimum Gasteiger partial charge on any atom is -0.493 e. The lowest BCUT2D eigenvalue weighted by Crippen LogP contribution is -2.00. The van der Waals surface area contributed by atoms with Crippen LogP contribution in [0.2, 0.25) is 0 Å². The number of methoxy groups -OCH3 is 2. The molecule has 0 fully saturated rings. The van der Waals surface area contributed by atoms with E-state index in [9.17, 15) is 0 Å². The summed E-state index contributed by atoms with van der Waals surface area (Å²) in [6.45, 7) is 0.630. The lowest BCUT2D eigenvalue weighted by molar-refractivity contribution is 0.355. The topological polar surface area (TPSA) is 70.5 Å². The van der Waals surface area contributed by atoms with Crippen LogP contribution in [0.15, 0.2) is 16.5 Å². The fraction of sp³-hybridized carbons (Fsp3) is 0.417. The number of nitrogens with zero attached hydrogens (tertiary/aromatic N) is 1. The SMILES string of the molecule is COc1cc2nc(CCCN)oc2cc1OC. The molecule has 1 aromatic heterocycles. The van der Waals surface area contributed by atoms with Gasteiger partial charge in [0.1, 0.15) is 5.52 Å². The van der Waals surface area contributed by atoms with Gasteiger partial charge >= 0.3 is 0 Å². The van der Waals surface area contributed by atoms with Gasteiger partial charge < -0.3 is 19.6 Å². The fourth-order valence-electron chi connectivity index (χ4n) is 1.66. The molecule has 0 saturated heterocycles. The molecule has 2 rings (SSSR count). The first kappa shape index (κ1) is 11.7. The zero-order valence-electron chi connectivity index (χ0n) is 10.0. The van der Waals surface area contributed by atoms with E-state index in [1.165, 1.54) is 0 Å². The van der Waals surface area contributed by atoms with Crippen LogP contribution in [0.3, 0.4) is 0 Å². The van der Waals surface area contributed by atoms with Gasteiger partial charge in [-0.1, -0.05) is 0 Å². The van der Waals surface area contributed by atoms with Gasteiger partial charge in [0.2, 0.25) is 0 Å². The molecule has 0 spiro atoms. The van der Waals surface area contributed by atoms with E-state index < -0.39 is 0 Å². The Hall–Kier alpha value is -1.75. The van der Waals surface area contributed by atoms with Crippen LogP contribution in [0.5, 0.6) is 11.5 Å². The lowest BCUT2D eigenvalue weighted by Gasteiger charge is -2.05. The van der Waals surface area contributed by atoms with E-state index in [1.54, 1.807) is 20.3 Å². The van der Waals surface area contributed by atoms with Crippen molar-refractivity contribution in [1.82, 2.24) is 4.98 Å². The van der Waals surface area contributed by atoms with E-state index in [0.29, 0.717) is 29.5 Å². The largest absolute Gasteiger partial charge is 0.493 e. The van der Waals surface area contributed by atoms with Gasteiger partial charge in [-0.05, 0) is 13.0 Å². The van der Waals surface area contributed by atoms with Crippen LogP contribution in [-0.2, 0) is 6.42 Å². The third-order valence-corrected chi connectivity index (χ3v) is 2.53. The van der Waals surface area contributed by atoms with E-state index in [1.807, 2.05) is 6.07 Å². The van der Waals surface area contributed by atoms with Gasteiger partial charge in [0, 0.05) is 18.6 Å². The van der Waals surface area contributed by atoms with Crippen LogP contribution in [0.1, 0.15) is 12.3 Å². The zero-order chi connectivity index (χ0) is 12.3. The molecule has 2 N–H and O–H groups in total. The molecular weight excluding hydrogens is 220 g/mol. The quantitative estimate of drug-likeness (QED) is 0.856. The molecule has 0 aliphatic rings. The van der Waals surface area contributed by atoms with Crippen molar-refractivity contribution in [3.05, 3.63) is 18.0 Å². The summed E-state index contributed by atoms with van der Waals surface area (Å²) < 4.78 is 16.0. The summed E-state index contributed by atoms with van der Waals surface area (Å²) in [6, 6.07) is 3.59. The number of ether oxygens (including phenoxy) is 2. The van der Waals surface area contributed by atoms with Crippen LogP contribution in [0.25, 0.3) is 11.1 Å². The van der Waals surface area contributed by atoms with Gasteiger partial charge in [0.05, 0.1) is 14.2 Å². The number of hydrogen-bond acceptors (Lipinski definition) is 5. The number of rotatable bonds is 5. The molecule has 0 radical (unpaired) electrons. The molecule has 0 saturated carbocycles. The maximum Gasteiger partial charge on any atom is 0.195 e. The maximum atomic E-state index is 5.61. The van der Waals surface area contributed by atoms with Crippen LogP contribution >= 0.6 is 0 Å². The van der Waals surface area contributed by atoms with E-state index in [2.05, 4.69) is 4.98 Å². The fourth-order valence-corrected chi connectivity index (χ4v) is 1.66. The second-order valence-electron chi connectivity index (χ2n) is 3.67. The van der Waals surface area contributed by atoms with Crippen molar-refractivity contribution in [3.8, 4) is 11.5 Å². The second kappa shape index (κ2) is 5.05. The molecule has 92 valence electrons. The highest BCUT2D eigenvalue weighted by Crippen LogP contribution is 2.32.